The summed E-state index contributed by atoms with van der Waals surface area (Å²) < 4.78 is 0. The maximum Gasteiger partial charge on any atom is 0.317 e. The van der Waals surface area contributed by atoms with Gasteiger partial charge in [0.05, 0.1) is 18.5 Å². The van der Waals surface area contributed by atoms with Gasteiger partial charge >= 0.3 is 12.0 Å². The molecule has 0 unspecified atom stereocenters. The first-order valence-electron chi connectivity index (χ1n) is 7.25. The van der Waals surface area contributed by atoms with Crippen molar-refractivity contribution >= 4 is 12.0 Å². The van der Waals surface area contributed by atoms with Crippen LogP contribution in [-0.4, -0.2) is 44.6 Å². The molecule has 2 rings (SSSR count). The number of hydrogen-bond acceptors (Lipinski definition) is 3. The average Bonchev–Trinajstić information content (AvgIpc) is 2.97. The second kappa shape index (κ2) is 6.60. The topological polar surface area (TPSA) is 98.3 Å². The van der Waals surface area contributed by atoms with Gasteiger partial charge in [0.2, 0.25) is 0 Å². The van der Waals surface area contributed by atoms with E-state index in [0.717, 1.165) is 32.1 Å². The fourth-order valence-electron chi connectivity index (χ4n) is 3.01. The van der Waals surface area contributed by atoms with Crippen LogP contribution in [0, 0.1) is 0 Å². The van der Waals surface area contributed by atoms with Crippen molar-refractivity contribution in [3.05, 3.63) is 18.2 Å². The minimum atomic E-state index is -0.859. The Kier molecular flexibility index (Phi) is 4.82. The van der Waals surface area contributed by atoms with Gasteiger partial charge in [0.15, 0.2) is 0 Å². The molecule has 2 amide bonds. The molecule has 3 N–H and O–H groups in total. The van der Waals surface area contributed by atoms with Crippen molar-refractivity contribution < 1.29 is 14.7 Å². The number of carbonyl (C=O) groups excluding carboxylic acids is 1. The zero-order valence-electron chi connectivity index (χ0n) is 12.3. The molecule has 1 heterocycles. The molecule has 0 saturated heterocycles. The van der Waals surface area contributed by atoms with E-state index in [2.05, 4.69) is 15.3 Å². The smallest absolute Gasteiger partial charge is 0.317 e. The standard InChI is InChI=1S/C14H22N4O3/c1-18(13(21)17-10-11-15-7-8-16-11)14(9-12(19)20)5-3-2-4-6-14/h7-8H,2-6,9-10H2,1H3,(H,15,16)(H,17,21)(H,19,20). The molecule has 7 heteroatoms. The van der Waals surface area contributed by atoms with Gasteiger partial charge in [0, 0.05) is 19.4 Å². The van der Waals surface area contributed by atoms with Gasteiger partial charge in [-0.3, -0.25) is 4.79 Å². The number of nitrogens with zero attached hydrogens (tertiary/aromatic N) is 2. The number of carboxylic acid groups (broad SMARTS) is 1. The number of hydrogen-bond donors (Lipinski definition) is 3. The molecule has 0 atom stereocenters. The van der Waals surface area contributed by atoms with Crippen molar-refractivity contribution in [2.75, 3.05) is 7.05 Å². The molecule has 0 spiro atoms. The largest absolute Gasteiger partial charge is 0.481 e. The third kappa shape index (κ3) is 3.74. The van der Waals surface area contributed by atoms with Gasteiger partial charge in [0.1, 0.15) is 5.82 Å². The summed E-state index contributed by atoms with van der Waals surface area (Å²) in [5, 5.41) is 11.9. The minimum Gasteiger partial charge on any atom is -0.481 e. The molecule has 1 aliphatic rings. The second-order valence-corrected chi connectivity index (χ2v) is 5.61. The zero-order chi connectivity index (χ0) is 15.3. The van der Waals surface area contributed by atoms with Crippen molar-refractivity contribution in [1.29, 1.82) is 0 Å². The Morgan fingerprint density at radius 2 is 2.14 bits per heavy atom. The average molecular weight is 294 g/mol. The van der Waals surface area contributed by atoms with Crippen LogP contribution in [0.5, 0.6) is 0 Å². The van der Waals surface area contributed by atoms with Crippen LogP contribution in [0.3, 0.4) is 0 Å². The zero-order valence-corrected chi connectivity index (χ0v) is 12.3. The Labute approximate surface area is 123 Å². The quantitative estimate of drug-likeness (QED) is 0.770. The Morgan fingerprint density at radius 3 is 2.71 bits per heavy atom. The van der Waals surface area contributed by atoms with Crippen molar-refractivity contribution in [3.63, 3.8) is 0 Å². The predicted molar refractivity (Wildman–Crippen MR) is 76.7 cm³/mol. The number of nitrogens with one attached hydrogen (secondary N) is 2. The lowest BCUT2D eigenvalue weighted by Gasteiger charge is -2.43. The highest BCUT2D eigenvalue weighted by Gasteiger charge is 2.40. The molecule has 0 bridgehead atoms. The third-order valence-corrected chi connectivity index (χ3v) is 4.24. The first kappa shape index (κ1) is 15.3. The summed E-state index contributed by atoms with van der Waals surface area (Å²) in [4.78, 5) is 32.0. The van der Waals surface area contributed by atoms with E-state index in [1.165, 1.54) is 0 Å². The molecule has 1 aromatic heterocycles. The number of H-pyrrole nitrogens is 1. The molecule has 7 nitrogen and oxygen atoms in total. The highest BCUT2D eigenvalue weighted by Crippen LogP contribution is 2.35. The molecule has 0 aliphatic heterocycles. The van der Waals surface area contributed by atoms with Crippen LogP contribution in [0.2, 0.25) is 0 Å². The summed E-state index contributed by atoms with van der Waals surface area (Å²) in [6, 6.07) is -0.255. The van der Waals surface area contributed by atoms with Gasteiger partial charge < -0.3 is 20.3 Å². The van der Waals surface area contributed by atoms with Crippen LogP contribution in [-0.2, 0) is 11.3 Å². The number of imidazole rings is 1. The summed E-state index contributed by atoms with van der Waals surface area (Å²) in [6.45, 7) is 0.305. The van der Waals surface area contributed by atoms with E-state index in [-0.39, 0.29) is 12.5 Å². The minimum absolute atomic E-state index is 0.00231. The number of aromatic amines is 1. The normalized spacial score (nSPS) is 17.2. The Balaban J connectivity index is 2.00. The van der Waals surface area contributed by atoms with E-state index in [9.17, 15) is 9.59 Å². The van der Waals surface area contributed by atoms with Gasteiger partial charge in [-0.2, -0.15) is 0 Å². The van der Waals surface area contributed by atoms with Crippen LogP contribution < -0.4 is 5.32 Å². The lowest BCUT2D eigenvalue weighted by atomic mass is 9.78. The van der Waals surface area contributed by atoms with Crippen LogP contribution in [0.25, 0.3) is 0 Å². The number of carbonyl (C=O) groups is 2. The molecule has 116 valence electrons. The maximum atomic E-state index is 12.3. The van der Waals surface area contributed by atoms with Crippen molar-refractivity contribution in [2.45, 2.75) is 50.6 Å². The van der Waals surface area contributed by atoms with Gasteiger partial charge in [-0.1, -0.05) is 19.3 Å². The SMILES string of the molecule is CN(C(=O)NCc1ncc[nH]1)C1(CC(=O)O)CCCCC1. The number of rotatable bonds is 5. The number of amides is 2. The molecular formula is C14H22N4O3. The van der Waals surface area contributed by atoms with Crippen molar-refractivity contribution in [1.82, 2.24) is 20.2 Å². The second-order valence-electron chi connectivity index (χ2n) is 5.61. The molecule has 1 saturated carbocycles. The fourth-order valence-corrected chi connectivity index (χ4v) is 3.01. The number of carboxylic acids is 1. The van der Waals surface area contributed by atoms with E-state index >= 15 is 0 Å². The van der Waals surface area contributed by atoms with Gasteiger partial charge in [0.25, 0.3) is 0 Å². The van der Waals surface area contributed by atoms with Gasteiger partial charge in [-0.05, 0) is 12.8 Å². The molecule has 1 aliphatic carbocycles. The lowest BCUT2D eigenvalue weighted by Crippen LogP contribution is -2.55. The van der Waals surface area contributed by atoms with E-state index in [1.807, 2.05) is 0 Å². The van der Waals surface area contributed by atoms with Crippen molar-refractivity contribution in [2.24, 2.45) is 0 Å². The van der Waals surface area contributed by atoms with E-state index in [1.54, 1.807) is 24.3 Å². The van der Waals surface area contributed by atoms with Crippen LogP contribution in [0.1, 0.15) is 44.3 Å². The predicted octanol–water partition coefficient (Wildman–Crippen LogP) is 1.73. The van der Waals surface area contributed by atoms with Crippen LogP contribution >= 0.6 is 0 Å². The van der Waals surface area contributed by atoms with E-state index < -0.39 is 11.5 Å². The Morgan fingerprint density at radius 1 is 1.43 bits per heavy atom. The number of aromatic nitrogens is 2. The van der Waals surface area contributed by atoms with Gasteiger partial charge in [-0.25, -0.2) is 9.78 Å². The summed E-state index contributed by atoms with van der Waals surface area (Å²) in [5.74, 6) is -0.185. The molecular weight excluding hydrogens is 272 g/mol. The summed E-state index contributed by atoms with van der Waals surface area (Å²) in [5.41, 5.74) is -0.572. The summed E-state index contributed by atoms with van der Waals surface area (Å²) in [6.07, 6.45) is 7.82. The van der Waals surface area contributed by atoms with Crippen molar-refractivity contribution in [3.8, 4) is 0 Å². The molecule has 1 fully saturated rings. The van der Waals surface area contributed by atoms with Gasteiger partial charge in [-0.15, -0.1) is 0 Å². The van der Waals surface area contributed by atoms with E-state index in [0.29, 0.717) is 12.4 Å². The Bertz CT molecular complexity index is 480. The van der Waals surface area contributed by atoms with Crippen LogP contribution in [0.4, 0.5) is 4.79 Å². The summed E-state index contributed by atoms with van der Waals surface area (Å²) in [7, 11) is 1.69. The molecule has 0 radical (unpaired) electrons. The number of urea groups is 1. The summed E-state index contributed by atoms with van der Waals surface area (Å²) >= 11 is 0. The Hall–Kier alpha value is -2.05. The maximum absolute atomic E-state index is 12.3. The third-order valence-electron chi connectivity index (χ3n) is 4.24. The first-order chi connectivity index (χ1) is 10.0. The number of aliphatic carboxylic acids is 1. The highest BCUT2D eigenvalue weighted by atomic mass is 16.4. The first-order valence-corrected chi connectivity index (χ1v) is 7.25. The fraction of sp³-hybridized carbons (Fsp3) is 0.643. The van der Waals surface area contributed by atoms with E-state index in [4.69, 9.17) is 5.11 Å². The molecule has 0 aromatic carbocycles. The molecule has 1 aromatic rings. The highest BCUT2D eigenvalue weighted by molar-refractivity contribution is 5.76. The lowest BCUT2D eigenvalue weighted by molar-refractivity contribution is -0.140. The monoisotopic (exact) mass is 294 g/mol. The molecule has 21 heavy (non-hydrogen) atoms. The van der Waals surface area contributed by atoms with Crippen LogP contribution in [0.15, 0.2) is 12.4 Å².